The molecule has 0 aliphatic rings. The molecule has 0 aromatic heterocycles. The highest BCUT2D eigenvalue weighted by molar-refractivity contribution is 5.73. The summed E-state index contributed by atoms with van der Waals surface area (Å²) in [6, 6.07) is -1.04. The Balaban J connectivity index is 4.75. The van der Waals surface area contributed by atoms with E-state index in [9.17, 15) is 19.9 Å². The number of nitrogens with zero attached hydrogens (tertiary/aromatic N) is 3. The van der Waals surface area contributed by atoms with Crippen molar-refractivity contribution >= 4 is 11.9 Å². The molecule has 128 valence electrons. The number of ether oxygens (including phenoxy) is 1. The van der Waals surface area contributed by atoms with E-state index < -0.39 is 24.3 Å². The lowest BCUT2D eigenvalue weighted by atomic mass is 9.99. The number of hydrogen-bond acceptors (Lipinski definition) is 6. The smallest absolute Gasteiger partial charge is 0.332 e. The fourth-order valence-corrected chi connectivity index (χ4v) is 1.59. The van der Waals surface area contributed by atoms with Gasteiger partial charge in [0.25, 0.3) is 6.29 Å². The van der Waals surface area contributed by atoms with Crippen LogP contribution in [0, 0.1) is 17.0 Å². The third kappa shape index (κ3) is 6.15. The maximum atomic E-state index is 11.8. The fraction of sp³-hybridized carbons (Fsp3) is 0.846. The van der Waals surface area contributed by atoms with Gasteiger partial charge < -0.3 is 15.1 Å². The molecule has 0 bridgehead atoms. The van der Waals surface area contributed by atoms with Crippen molar-refractivity contribution in [1.82, 2.24) is 5.01 Å². The lowest BCUT2D eigenvalue weighted by molar-refractivity contribution is -0.713. The Kier molecular flexibility index (Phi) is 8.21. The van der Waals surface area contributed by atoms with Crippen LogP contribution in [0.3, 0.4) is 0 Å². The van der Waals surface area contributed by atoms with Gasteiger partial charge in [-0.15, -0.1) is 5.01 Å². The summed E-state index contributed by atoms with van der Waals surface area (Å²) in [4.78, 5) is 27.4. The molecule has 0 aromatic rings. The molecular formula is C13H25N3O6. The largest absolute Gasteiger partial charge is 0.569 e. The molecule has 0 spiro atoms. The lowest BCUT2D eigenvalue weighted by Gasteiger charge is -2.24. The highest BCUT2D eigenvalue weighted by atomic mass is 16.8. The number of hydrogen-bond donors (Lipinski definition) is 1. The number of carbonyl (C=O) groups is 2. The van der Waals surface area contributed by atoms with Crippen LogP contribution >= 0.6 is 0 Å². The van der Waals surface area contributed by atoms with Gasteiger partial charge in [0.2, 0.25) is 5.28 Å². The van der Waals surface area contributed by atoms with E-state index in [1.54, 1.807) is 20.8 Å². The van der Waals surface area contributed by atoms with E-state index in [-0.39, 0.29) is 16.8 Å². The molecule has 0 aliphatic carbocycles. The molecule has 0 rings (SSSR count). The van der Waals surface area contributed by atoms with Gasteiger partial charge in [0.15, 0.2) is 6.04 Å². The second-order valence-corrected chi connectivity index (χ2v) is 5.34. The van der Waals surface area contributed by atoms with Crippen molar-refractivity contribution < 1.29 is 29.2 Å². The second-order valence-electron chi connectivity index (χ2n) is 5.34. The Morgan fingerprint density at radius 3 is 2.27 bits per heavy atom. The maximum absolute atomic E-state index is 11.8. The second kappa shape index (κ2) is 9.06. The Morgan fingerprint density at radius 2 is 1.86 bits per heavy atom. The van der Waals surface area contributed by atoms with Crippen LogP contribution in [0.2, 0.25) is 0 Å². The maximum Gasteiger partial charge on any atom is 0.332 e. The van der Waals surface area contributed by atoms with Gasteiger partial charge >= 0.3 is 11.9 Å². The van der Waals surface area contributed by atoms with Crippen molar-refractivity contribution in [2.24, 2.45) is 17.1 Å². The van der Waals surface area contributed by atoms with E-state index in [4.69, 9.17) is 9.57 Å². The fourth-order valence-electron chi connectivity index (χ4n) is 1.59. The van der Waals surface area contributed by atoms with E-state index in [2.05, 4.69) is 5.28 Å². The molecule has 0 heterocycles. The minimum atomic E-state index is -1.13. The van der Waals surface area contributed by atoms with Crippen molar-refractivity contribution in [3.63, 3.8) is 0 Å². The van der Waals surface area contributed by atoms with Gasteiger partial charge in [-0.2, -0.15) is 0 Å². The number of likely N-dealkylation sites (N-methyl/N-ethyl adjacent to an activating group) is 1. The van der Waals surface area contributed by atoms with Crippen LogP contribution in [0.1, 0.15) is 41.0 Å². The molecule has 0 aliphatic heterocycles. The number of esters is 1. The van der Waals surface area contributed by atoms with Gasteiger partial charge in [0.1, 0.15) is 0 Å². The van der Waals surface area contributed by atoms with Crippen molar-refractivity contribution in [3.8, 4) is 0 Å². The summed E-state index contributed by atoms with van der Waals surface area (Å²) in [5.41, 5.74) is 0. The first-order valence-electron chi connectivity index (χ1n) is 7.11. The van der Waals surface area contributed by atoms with Crippen molar-refractivity contribution in [2.75, 3.05) is 7.05 Å². The Labute approximate surface area is 130 Å². The average molecular weight is 319 g/mol. The SMILES string of the molecule is CC[C@@H](C)[C@@H](C(=O)O)N(C)[N+]([O-])=NOC(C)OC(=O)C(C)C. The van der Waals surface area contributed by atoms with E-state index in [0.29, 0.717) is 6.42 Å². The number of carbonyl (C=O) groups excluding carboxylic acids is 1. The minimum Gasteiger partial charge on any atom is -0.569 e. The van der Waals surface area contributed by atoms with E-state index in [1.165, 1.54) is 14.0 Å². The van der Waals surface area contributed by atoms with Crippen LogP contribution in [-0.2, 0) is 19.2 Å². The normalized spacial score (nSPS) is 15.9. The van der Waals surface area contributed by atoms with Crippen LogP contribution in [0.15, 0.2) is 5.28 Å². The number of carboxylic acid groups (broad SMARTS) is 1. The zero-order valence-corrected chi connectivity index (χ0v) is 13.8. The van der Waals surface area contributed by atoms with Gasteiger partial charge in [0.05, 0.1) is 17.9 Å². The molecule has 0 radical (unpaired) electrons. The molecule has 0 saturated carbocycles. The summed E-state index contributed by atoms with van der Waals surface area (Å²) in [7, 11) is 1.30. The Hall–Kier alpha value is -2.06. The Bertz CT molecular complexity index is 413. The summed E-state index contributed by atoms with van der Waals surface area (Å²) in [6.45, 7) is 8.26. The summed E-state index contributed by atoms with van der Waals surface area (Å²) in [6.07, 6.45) is -0.468. The molecule has 0 fully saturated rings. The molecule has 9 nitrogen and oxygen atoms in total. The molecule has 9 heteroatoms. The number of rotatable bonds is 9. The molecule has 3 atom stereocenters. The van der Waals surface area contributed by atoms with Crippen molar-refractivity contribution in [3.05, 3.63) is 5.21 Å². The first kappa shape index (κ1) is 19.9. The summed E-state index contributed by atoms with van der Waals surface area (Å²) in [5, 5.41) is 25.1. The van der Waals surface area contributed by atoms with Crippen LogP contribution in [0.4, 0.5) is 0 Å². The number of aliphatic carboxylic acids is 1. The van der Waals surface area contributed by atoms with E-state index in [1.807, 2.05) is 6.92 Å². The first-order valence-corrected chi connectivity index (χ1v) is 7.11. The topological polar surface area (TPSA) is 114 Å². The monoisotopic (exact) mass is 319 g/mol. The Morgan fingerprint density at radius 1 is 1.32 bits per heavy atom. The highest BCUT2D eigenvalue weighted by Crippen LogP contribution is 2.14. The molecule has 0 aromatic carbocycles. The predicted octanol–water partition coefficient (Wildman–Crippen LogP) is 1.77. The summed E-state index contributed by atoms with van der Waals surface area (Å²) < 4.78 is 4.86. The van der Waals surface area contributed by atoms with Crippen LogP contribution < -0.4 is 0 Å². The molecule has 1 unspecified atom stereocenters. The summed E-state index contributed by atoms with van der Waals surface area (Å²) in [5.74, 6) is -2.21. The molecule has 0 saturated heterocycles. The third-order valence-corrected chi connectivity index (χ3v) is 3.13. The van der Waals surface area contributed by atoms with Crippen LogP contribution in [-0.4, -0.2) is 46.4 Å². The lowest BCUT2D eigenvalue weighted by Crippen LogP contribution is -2.46. The van der Waals surface area contributed by atoms with Gasteiger partial charge in [-0.05, 0) is 5.92 Å². The van der Waals surface area contributed by atoms with Crippen molar-refractivity contribution in [2.45, 2.75) is 53.4 Å². The zero-order chi connectivity index (χ0) is 17.4. The van der Waals surface area contributed by atoms with Crippen LogP contribution in [0.5, 0.6) is 0 Å². The van der Waals surface area contributed by atoms with Gasteiger partial charge in [0, 0.05) is 6.92 Å². The molecule has 0 amide bonds. The summed E-state index contributed by atoms with van der Waals surface area (Å²) >= 11 is 0. The molecule has 22 heavy (non-hydrogen) atoms. The van der Waals surface area contributed by atoms with E-state index >= 15 is 0 Å². The molecular weight excluding hydrogens is 294 g/mol. The van der Waals surface area contributed by atoms with Crippen molar-refractivity contribution in [1.29, 1.82) is 0 Å². The minimum absolute atomic E-state index is 0.0324. The third-order valence-electron chi connectivity index (χ3n) is 3.13. The van der Waals surface area contributed by atoms with Gasteiger partial charge in [-0.25, -0.2) is 4.79 Å². The number of hydrazine groups is 1. The van der Waals surface area contributed by atoms with Gasteiger partial charge in [-0.3, -0.25) is 9.63 Å². The average Bonchev–Trinajstić information content (AvgIpc) is 2.43. The molecule has 1 N–H and O–H groups in total. The number of carboxylic acids is 1. The first-order chi connectivity index (χ1) is 10.1. The standard InChI is InChI=1S/C13H25N3O6/c1-7-9(4)11(12(17)18)15(6)16(20)14-22-10(5)21-13(19)8(2)3/h8-11H,7H2,1-6H3,(H,17,18)/t9-,10?,11+/m1/s1. The predicted molar refractivity (Wildman–Crippen MR) is 76.2 cm³/mol. The van der Waals surface area contributed by atoms with Crippen LogP contribution in [0.25, 0.3) is 0 Å². The van der Waals surface area contributed by atoms with Gasteiger partial charge in [-0.1, -0.05) is 34.1 Å². The highest BCUT2D eigenvalue weighted by Gasteiger charge is 2.33. The van der Waals surface area contributed by atoms with E-state index in [0.717, 1.165) is 5.01 Å². The quantitative estimate of drug-likeness (QED) is 0.226. The zero-order valence-electron chi connectivity index (χ0n) is 13.8.